The minimum absolute atomic E-state index is 0.0986. The summed E-state index contributed by atoms with van der Waals surface area (Å²) < 4.78 is 2.21. The van der Waals surface area contributed by atoms with Crippen LogP contribution in [0.1, 0.15) is 51.8 Å². The van der Waals surface area contributed by atoms with Gasteiger partial charge in [-0.1, -0.05) is 32.0 Å². The van der Waals surface area contributed by atoms with Crippen molar-refractivity contribution >= 4 is 17.7 Å². The minimum Gasteiger partial charge on any atom is -0.356 e. The van der Waals surface area contributed by atoms with E-state index in [0.717, 1.165) is 56.1 Å². The molecule has 0 bridgehead atoms. The zero-order valence-corrected chi connectivity index (χ0v) is 15.9. The van der Waals surface area contributed by atoms with Crippen molar-refractivity contribution in [3.63, 3.8) is 0 Å². The molecule has 1 saturated carbocycles. The minimum atomic E-state index is 0.0986. The lowest BCUT2D eigenvalue weighted by molar-refractivity contribution is -0.126. The van der Waals surface area contributed by atoms with Crippen LogP contribution in [0.25, 0.3) is 0 Å². The third kappa shape index (κ3) is 5.48. The largest absolute Gasteiger partial charge is 0.356 e. The predicted molar refractivity (Wildman–Crippen MR) is 97.9 cm³/mol. The first-order valence-corrected chi connectivity index (χ1v) is 10.2. The maximum absolute atomic E-state index is 12.2. The Morgan fingerprint density at radius 1 is 1.42 bits per heavy atom. The first-order valence-electron chi connectivity index (χ1n) is 9.00. The highest BCUT2D eigenvalue weighted by Gasteiger charge is 2.24. The molecule has 0 radical (unpaired) electrons. The van der Waals surface area contributed by atoms with Crippen LogP contribution in [0.5, 0.6) is 0 Å². The second-order valence-corrected chi connectivity index (χ2v) is 7.90. The summed E-state index contributed by atoms with van der Waals surface area (Å²) in [5.41, 5.74) is 5.97. The van der Waals surface area contributed by atoms with E-state index in [0.29, 0.717) is 12.5 Å². The van der Waals surface area contributed by atoms with Gasteiger partial charge >= 0.3 is 0 Å². The number of carbonyl (C=O) groups is 1. The van der Waals surface area contributed by atoms with Crippen molar-refractivity contribution in [3.05, 3.63) is 5.82 Å². The Bertz CT molecular complexity index is 531. The highest BCUT2D eigenvalue weighted by molar-refractivity contribution is 7.98. The SMILES string of the molecule is CSc1nnc(CCCNC(=O)C2CCCC(N)C2)n1CC(C)C. The highest BCUT2D eigenvalue weighted by atomic mass is 32.2. The van der Waals surface area contributed by atoms with E-state index in [1.54, 1.807) is 11.8 Å². The van der Waals surface area contributed by atoms with Crippen molar-refractivity contribution in [3.8, 4) is 0 Å². The Morgan fingerprint density at radius 3 is 2.88 bits per heavy atom. The lowest BCUT2D eigenvalue weighted by atomic mass is 9.85. The van der Waals surface area contributed by atoms with E-state index in [1.165, 1.54) is 0 Å². The lowest BCUT2D eigenvalue weighted by Crippen LogP contribution is -2.38. The maximum atomic E-state index is 12.2. The summed E-state index contributed by atoms with van der Waals surface area (Å²) in [5.74, 6) is 1.84. The Balaban J connectivity index is 1.78. The van der Waals surface area contributed by atoms with E-state index < -0.39 is 0 Å². The molecule has 0 saturated heterocycles. The summed E-state index contributed by atoms with van der Waals surface area (Å²) in [6, 6.07) is 0.189. The number of thioether (sulfide) groups is 1. The zero-order chi connectivity index (χ0) is 17.5. The number of hydrogen-bond acceptors (Lipinski definition) is 5. The zero-order valence-electron chi connectivity index (χ0n) is 15.1. The third-order valence-electron chi connectivity index (χ3n) is 4.49. The number of hydrogen-bond donors (Lipinski definition) is 2. The molecule has 7 heteroatoms. The monoisotopic (exact) mass is 353 g/mol. The molecule has 1 amide bonds. The standard InChI is InChI=1S/C17H31N5OS/c1-12(2)11-22-15(20-21-17(22)24-3)8-5-9-19-16(23)13-6-4-7-14(18)10-13/h12-14H,4-11,18H2,1-3H3,(H,19,23). The number of nitrogens with one attached hydrogen (secondary N) is 1. The third-order valence-corrected chi connectivity index (χ3v) is 5.15. The molecule has 1 aliphatic rings. The van der Waals surface area contributed by atoms with Crippen LogP contribution in [0, 0.1) is 11.8 Å². The Hall–Kier alpha value is -1.08. The lowest BCUT2D eigenvalue weighted by Gasteiger charge is -2.25. The van der Waals surface area contributed by atoms with Gasteiger partial charge in [-0.2, -0.15) is 0 Å². The molecular weight excluding hydrogens is 322 g/mol. The molecule has 0 aliphatic heterocycles. The smallest absolute Gasteiger partial charge is 0.223 e. The fourth-order valence-corrected chi connectivity index (χ4v) is 3.79. The average molecular weight is 354 g/mol. The normalized spacial score (nSPS) is 21.2. The van der Waals surface area contributed by atoms with Gasteiger partial charge in [0.25, 0.3) is 0 Å². The molecule has 0 aromatic carbocycles. The van der Waals surface area contributed by atoms with Crippen molar-refractivity contribution < 1.29 is 4.79 Å². The van der Waals surface area contributed by atoms with Crippen molar-refractivity contribution in [2.45, 2.75) is 70.1 Å². The van der Waals surface area contributed by atoms with Gasteiger partial charge in [0.1, 0.15) is 5.82 Å². The van der Waals surface area contributed by atoms with Gasteiger partial charge in [-0.3, -0.25) is 4.79 Å². The van der Waals surface area contributed by atoms with Gasteiger partial charge in [0.15, 0.2) is 5.16 Å². The second kappa shape index (κ2) is 9.42. The number of nitrogens with two attached hydrogens (primary N) is 1. The molecule has 1 heterocycles. The molecule has 136 valence electrons. The summed E-state index contributed by atoms with van der Waals surface area (Å²) in [6.45, 7) is 6.02. The van der Waals surface area contributed by atoms with Crippen LogP contribution in [0.15, 0.2) is 5.16 Å². The predicted octanol–water partition coefficient (Wildman–Crippen LogP) is 2.22. The molecule has 3 N–H and O–H groups in total. The van der Waals surface area contributed by atoms with Crippen molar-refractivity contribution in [1.82, 2.24) is 20.1 Å². The molecule has 0 spiro atoms. The van der Waals surface area contributed by atoms with E-state index in [1.807, 2.05) is 6.26 Å². The molecule has 6 nitrogen and oxygen atoms in total. The van der Waals surface area contributed by atoms with Crippen LogP contribution in [0.4, 0.5) is 0 Å². The van der Waals surface area contributed by atoms with Gasteiger partial charge in [0.2, 0.25) is 5.91 Å². The van der Waals surface area contributed by atoms with Gasteiger partial charge in [0.05, 0.1) is 0 Å². The summed E-state index contributed by atoms with van der Waals surface area (Å²) in [5, 5.41) is 12.6. The second-order valence-electron chi connectivity index (χ2n) is 7.13. The fourth-order valence-electron chi connectivity index (χ4n) is 3.27. The first kappa shape index (κ1) is 19.2. The van der Waals surface area contributed by atoms with Crippen molar-refractivity contribution in [1.29, 1.82) is 0 Å². The van der Waals surface area contributed by atoms with E-state index in [-0.39, 0.29) is 17.9 Å². The van der Waals surface area contributed by atoms with Crippen LogP contribution in [0.2, 0.25) is 0 Å². The molecule has 1 aliphatic carbocycles. The Kier molecular flexibility index (Phi) is 7.55. The molecule has 1 aromatic rings. The van der Waals surface area contributed by atoms with Gasteiger partial charge in [0, 0.05) is 31.5 Å². The number of amides is 1. The quantitative estimate of drug-likeness (QED) is 0.553. The summed E-state index contributed by atoms with van der Waals surface area (Å²) >= 11 is 1.63. The van der Waals surface area contributed by atoms with E-state index in [9.17, 15) is 4.79 Å². The summed E-state index contributed by atoms with van der Waals surface area (Å²) in [4.78, 5) is 12.2. The first-order chi connectivity index (χ1) is 11.5. The van der Waals surface area contributed by atoms with Gasteiger partial charge in [-0.15, -0.1) is 10.2 Å². The molecular formula is C17H31N5OS. The van der Waals surface area contributed by atoms with Crippen LogP contribution in [0.3, 0.4) is 0 Å². The van der Waals surface area contributed by atoms with Crippen LogP contribution in [-0.4, -0.2) is 39.5 Å². The topological polar surface area (TPSA) is 85.8 Å². The Morgan fingerprint density at radius 2 is 2.21 bits per heavy atom. The summed E-state index contributed by atoms with van der Waals surface area (Å²) in [6.07, 6.45) is 7.66. The molecule has 1 fully saturated rings. The van der Waals surface area contributed by atoms with Gasteiger partial charge in [-0.05, 0) is 37.9 Å². The molecule has 24 heavy (non-hydrogen) atoms. The maximum Gasteiger partial charge on any atom is 0.223 e. The number of carbonyl (C=O) groups excluding carboxylic acids is 1. The van der Waals surface area contributed by atoms with Gasteiger partial charge < -0.3 is 15.6 Å². The van der Waals surface area contributed by atoms with E-state index >= 15 is 0 Å². The highest BCUT2D eigenvalue weighted by Crippen LogP contribution is 2.23. The van der Waals surface area contributed by atoms with Crippen molar-refractivity contribution in [2.24, 2.45) is 17.6 Å². The van der Waals surface area contributed by atoms with E-state index in [2.05, 4.69) is 33.9 Å². The van der Waals surface area contributed by atoms with Crippen LogP contribution in [-0.2, 0) is 17.8 Å². The van der Waals surface area contributed by atoms with Crippen LogP contribution < -0.4 is 11.1 Å². The number of aryl methyl sites for hydroxylation is 1. The molecule has 2 rings (SSSR count). The molecule has 1 aromatic heterocycles. The fraction of sp³-hybridized carbons (Fsp3) is 0.824. The number of nitrogens with zero attached hydrogens (tertiary/aromatic N) is 3. The average Bonchev–Trinajstić information content (AvgIpc) is 2.92. The number of aromatic nitrogens is 3. The molecule has 2 atom stereocenters. The van der Waals surface area contributed by atoms with E-state index in [4.69, 9.17) is 5.73 Å². The van der Waals surface area contributed by atoms with Crippen molar-refractivity contribution in [2.75, 3.05) is 12.8 Å². The molecule has 2 unspecified atom stereocenters. The van der Waals surface area contributed by atoms with Crippen LogP contribution >= 0.6 is 11.8 Å². The number of rotatable bonds is 8. The van der Waals surface area contributed by atoms with Gasteiger partial charge in [-0.25, -0.2) is 0 Å². The summed E-state index contributed by atoms with van der Waals surface area (Å²) in [7, 11) is 0. The Labute approximate surface area is 149 Å².